The lowest BCUT2D eigenvalue weighted by atomic mass is 10.1. The molecule has 2 rings (SSSR count). The molecule has 0 saturated heterocycles. The molecule has 0 spiro atoms. The number of halogens is 6. The Hall–Kier alpha value is -2.09. The highest BCUT2D eigenvalue weighted by Gasteiger charge is 2.24. The maximum Gasteiger partial charge on any atom is 0.200 e. The molecule has 2 aromatic rings. The van der Waals surface area contributed by atoms with Crippen LogP contribution in [0.3, 0.4) is 0 Å². The van der Waals surface area contributed by atoms with Crippen LogP contribution in [0, 0.1) is 34.9 Å². The minimum absolute atomic E-state index is 0.105. The monoisotopic (exact) mass is 350 g/mol. The third kappa shape index (κ3) is 3.82. The van der Waals surface area contributed by atoms with E-state index >= 15 is 0 Å². The van der Waals surface area contributed by atoms with Gasteiger partial charge in [-0.05, 0) is 23.8 Å². The second-order valence-corrected chi connectivity index (χ2v) is 5.76. The van der Waals surface area contributed by atoms with E-state index in [-0.39, 0.29) is 5.75 Å². The van der Waals surface area contributed by atoms with Gasteiger partial charge >= 0.3 is 0 Å². The molecule has 2 aromatic carbocycles. The normalized spacial score (nSPS) is 12.8. The molecule has 0 fully saturated rings. The van der Waals surface area contributed by atoms with Crippen LogP contribution >= 0.6 is 0 Å². The van der Waals surface area contributed by atoms with E-state index in [1.807, 2.05) is 0 Å². The largest absolute Gasteiger partial charge is 0.255 e. The quantitative estimate of drug-likeness (QED) is 0.453. The van der Waals surface area contributed by atoms with Crippen molar-refractivity contribution < 1.29 is 30.6 Å². The van der Waals surface area contributed by atoms with E-state index in [2.05, 4.69) is 0 Å². The van der Waals surface area contributed by atoms with Crippen molar-refractivity contribution >= 4 is 16.9 Å². The van der Waals surface area contributed by atoms with Crippen LogP contribution in [0.15, 0.2) is 29.7 Å². The van der Waals surface area contributed by atoms with Gasteiger partial charge in [0, 0.05) is 5.41 Å². The van der Waals surface area contributed by atoms with Crippen LogP contribution in [-0.4, -0.2) is 4.21 Å². The fourth-order valence-electron chi connectivity index (χ4n) is 1.71. The van der Waals surface area contributed by atoms with Gasteiger partial charge in [0.25, 0.3) is 0 Å². The second kappa shape index (κ2) is 6.99. The standard InChI is InChI=1S/C15H8F6OS/c16-9-3-1-8(2-4-9)7-23(22)6-5-10-11(17)13(19)15(21)14(20)12(10)18/h1-6H,7H2. The average molecular weight is 350 g/mol. The lowest BCUT2D eigenvalue weighted by Gasteiger charge is -2.04. The molecular formula is C15H8F6OS. The average Bonchev–Trinajstić information content (AvgIpc) is 2.53. The van der Waals surface area contributed by atoms with E-state index in [1.165, 1.54) is 12.1 Å². The molecule has 0 N–H and O–H groups in total. The summed E-state index contributed by atoms with van der Waals surface area (Å²) < 4.78 is 90.2. The highest BCUT2D eigenvalue weighted by molar-refractivity contribution is 7.87. The summed E-state index contributed by atoms with van der Waals surface area (Å²) in [6.45, 7) is 0. The van der Waals surface area contributed by atoms with Crippen LogP contribution < -0.4 is 0 Å². The minimum Gasteiger partial charge on any atom is -0.255 e. The van der Waals surface area contributed by atoms with Gasteiger partial charge in [-0.1, -0.05) is 12.1 Å². The Kier molecular flexibility index (Phi) is 5.25. The summed E-state index contributed by atoms with van der Waals surface area (Å²) in [5, 5.41) is 0.807. The topological polar surface area (TPSA) is 17.1 Å². The third-order valence-electron chi connectivity index (χ3n) is 2.85. The van der Waals surface area contributed by atoms with Gasteiger partial charge in [0.15, 0.2) is 23.3 Å². The van der Waals surface area contributed by atoms with Crippen LogP contribution in [0.4, 0.5) is 26.3 Å². The molecule has 1 atom stereocenters. The Morgan fingerprint density at radius 2 is 1.26 bits per heavy atom. The Morgan fingerprint density at radius 3 is 1.78 bits per heavy atom. The molecule has 1 unspecified atom stereocenters. The molecule has 23 heavy (non-hydrogen) atoms. The zero-order chi connectivity index (χ0) is 17.1. The van der Waals surface area contributed by atoms with E-state index in [4.69, 9.17) is 0 Å². The van der Waals surface area contributed by atoms with Gasteiger partial charge in [-0.25, -0.2) is 26.3 Å². The number of hydrogen-bond acceptors (Lipinski definition) is 1. The fourth-order valence-corrected chi connectivity index (χ4v) is 2.61. The summed E-state index contributed by atoms with van der Waals surface area (Å²) >= 11 is 0. The van der Waals surface area contributed by atoms with Crippen molar-refractivity contribution in [2.24, 2.45) is 0 Å². The van der Waals surface area contributed by atoms with Gasteiger partial charge in [-0.3, -0.25) is 4.21 Å². The lowest BCUT2D eigenvalue weighted by Crippen LogP contribution is -2.04. The Labute approximate surface area is 129 Å². The zero-order valence-corrected chi connectivity index (χ0v) is 12.1. The Morgan fingerprint density at radius 1 is 0.783 bits per heavy atom. The van der Waals surface area contributed by atoms with Crippen molar-refractivity contribution in [2.45, 2.75) is 5.75 Å². The Bertz CT molecular complexity index is 757. The van der Waals surface area contributed by atoms with Crippen LogP contribution in [0.1, 0.15) is 11.1 Å². The molecule has 0 radical (unpaired) electrons. The summed E-state index contributed by atoms with van der Waals surface area (Å²) in [4.78, 5) is 0. The molecule has 8 heteroatoms. The first-order valence-corrected chi connectivity index (χ1v) is 7.50. The van der Waals surface area contributed by atoms with Crippen molar-refractivity contribution in [2.75, 3.05) is 0 Å². The smallest absolute Gasteiger partial charge is 0.200 e. The molecule has 0 bridgehead atoms. The summed E-state index contributed by atoms with van der Waals surface area (Å²) in [6.07, 6.45) is 0.565. The first-order valence-electron chi connectivity index (χ1n) is 6.12. The summed E-state index contributed by atoms with van der Waals surface area (Å²) in [6, 6.07) is 5.00. The van der Waals surface area contributed by atoms with Crippen molar-refractivity contribution in [3.8, 4) is 0 Å². The van der Waals surface area contributed by atoms with Gasteiger partial charge in [0.2, 0.25) is 5.82 Å². The Balaban J connectivity index is 2.23. The van der Waals surface area contributed by atoms with Gasteiger partial charge < -0.3 is 0 Å². The van der Waals surface area contributed by atoms with E-state index in [0.29, 0.717) is 11.6 Å². The molecule has 0 aliphatic rings. The second-order valence-electron chi connectivity index (χ2n) is 4.44. The SMILES string of the molecule is O=S(C=Cc1c(F)c(F)c(F)c(F)c1F)Cc1ccc(F)cc1. The van der Waals surface area contributed by atoms with Gasteiger partial charge in [0.05, 0.1) is 22.1 Å². The maximum atomic E-state index is 13.4. The predicted octanol–water partition coefficient (Wildman–Crippen LogP) is 4.44. The zero-order valence-electron chi connectivity index (χ0n) is 11.3. The van der Waals surface area contributed by atoms with Gasteiger partial charge in [-0.2, -0.15) is 0 Å². The van der Waals surface area contributed by atoms with E-state index in [1.54, 1.807) is 0 Å². The maximum absolute atomic E-state index is 13.4. The summed E-state index contributed by atoms with van der Waals surface area (Å²) in [5.41, 5.74) is -0.694. The highest BCUT2D eigenvalue weighted by atomic mass is 32.2. The molecule has 0 heterocycles. The molecular weight excluding hydrogens is 342 g/mol. The predicted molar refractivity (Wildman–Crippen MR) is 73.5 cm³/mol. The van der Waals surface area contributed by atoms with Crippen LogP contribution in [0.25, 0.3) is 6.08 Å². The van der Waals surface area contributed by atoms with E-state index < -0.39 is 51.3 Å². The van der Waals surface area contributed by atoms with Gasteiger partial charge in [0.1, 0.15) is 5.82 Å². The summed E-state index contributed by atoms with van der Waals surface area (Å²) in [5.74, 6) is -11.0. The molecule has 0 aromatic heterocycles. The highest BCUT2D eigenvalue weighted by Crippen LogP contribution is 2.24. The number of rotatable bonds is 4. The molecule has 0 amide bonds. The van der Waals surface area contributed by atoms with Crippen molar-refractivity contribution in [3.05, 3.63) is 75.7 Å². The van der Waals surface area contributed by atoms with E-state index in [9.17, 15) is 30.6 Å². The molecule has 1 nitrogen and oxygen atoms in total. The first kappa shape index (κ1) is 17.3. The molecule has 0 aliphatic heterocycles. The molecule has 122 valence electrons. The van der Waals surface area contributed by atoms with Crippen LogP contribution in [-0.2, 0) is 16.6 Å². The minimum atomic E-state index is -2.26. The number of benzene rings is 2. The number of hydrogen-bond donors (Lipinski definition) is 0. The molecule has 0 saturated carbocycles. The fraction of sp³-hybridized carbons (Fsp3) is 0.0667. The third-order valence-corrected chi connectivity index (χ3v) is 3.91. The molecule has 0 aliphatic carbocycles. The van der Waals surface area contributed by atoms with Crippen LogP contribution in [0.2, 0.25) is 0 Å². The van der Waals surface area contributed by atoms with Crippen molar-refractivity contribution in [3.63, 3.8) is 0 Å². The van der Waals surface area contributed by atoms with Gasteiger partial charge in [-0.15, -0.1) is 0 Å². The van der Waals surface area contributed by atoms with Crippen molar-refractivity contribution in [1.29, 1.82) is 0 Å². The van der Waals surface area contributed by atoms with Crippen LogP contribution in [0.5, 0.6) is 0 Å². The lowest BCUT2D eigenvalue weighted by molar-refractivity contribution is 0.377. The van der Waals surface area contributed by atoms with E-state index in [0.717, 1.165) is 17.5 Å². The first-order chi connectivity index (χ1) is 10.8. The van der Waals surface area contributed by atoms with Crippen molar-refractivity contribution in [1.82, 2.24) is 0 Å². The summed E-state index contributed by atoms with van der Waals surface area (Å²) in [7, 11) is -1.79.